The van der Waals surface area contributed by atoms with Gasteiger partial charge in [0.2, 0.25) is 5.78 Å². The van der Waals surface area contributed by atoms with Crippen molar-refractivity contribution in [1.82, 2.24) is 9.97 Å². The van der Waals surface area contributed by atoms with Gasteiger partial charge in [0.05, 0.1) is 16.6 Å². The third kappa shape index (κ3) is 3.47. The molecule has 2 aliphatic rings. The van der Waals surface area contributed by atoms with Crippen molar-refractivity contribution < 1.29 is 19.4 Å². The lowest BCUT2D eigenvalue weighted by atomic mass is 9.77. The predicted molar refractivity (Wildman–Crippen MR) is 121 cm³/mol. The fourth-order valence-corrected chi connectivity index (χ4v) is 4.62. The molecular formula is C26H22N2O4. The normalized spacial score (nSPS) is 20.7. The van der Waals surface area contributed by atoms with E-state index in [4.69, 9.17) is 9.84 Å². The maximum Gasteiger partial charge on any atom is 0.328 e. The number of benzene rings is 2. The van der Waals surface area contributed by atoms with Gasteiger partial charge in [0.15, 0.2) is 5.60 Å². The molecule has 32 heavy (non-hydrogen) atoms. The molecular weight excluding hydrogens is 404 g/mol. The summed E-state index contributed by atoms with van der Waals surface area (Å²) in [6.07, 6.45) is 6.50. The molecule has 6 nitrogen and oxygen atoms in total. The van der Waals surface area contributed by atoms with Crippen LogP contribution in [0.4, 0.5) is 0 Å². The average molecular weight is 426 g/mol. The average Bonchev–Trinajstić information content (AvgIpc) is 3.07. The van der Waals surface area contributed by atoms with Crippen LogP contribution in [0.5, 0.6) is 0 Å². The number of allylic oxidation sites excluding steroid dienone is 1. The minimum Gasteiger partial charge on any atom is -0.478 e. The van der Waals surface area contributed by atoms with Gasteiger partial charge < -0.3 is 9.84 Å². The number of nitrogens with zero attached hydrogens (tertiary/aromatic N) is 2. The van der Waals surface area contributed by atoms with Gasteiger partial charge in [0, 0.05) is 24.0 Å². The van der Waals surface area contributed by atoms with E-state index in [1.807, 2.05) is 49.4 Å². The van der Waals surface area contributed by atoms with E-state index in [0.29, 0.717) is 37.0 Å². The monoisotopic (exact) mass is 426 g/mol. The topological polar surface area (TPSA) is 89.4 Å². The first-order chi connectivity index (χ1) is 15.4. The number of carboxylic acids is 1. The van der Waals surface area contributed by atoms with Gasteiger partial charge in [-0.25, -0.2) is 4.79 Å². The van der Waals surface area contributed by atoms with Crippen molar-refractivity contribution in [3.05, 3.63) is 83.2 Å². The van der Waals surface area contributed by atoms with Gasteiger partial charge in [-0.05, 0) is 56.4 Å². The fraction of sp³-hybridized carbons (Fsp3) is 0.231. The summed E-state index contributed by atoms with van der Waals surface area (Å²) in [6.45, 7) is 2.00. The van der Waals surface area contributed by atoms with Crippen molar-refractivity contribution in [3.8, 4) is 0 Å². The predicted octanol–water partition coefficient (Wildman–Crippen LogP) is 4.73. The molecule has 0 atom stereocenters. The summed E-state index contributed by atoms with van der Waals surface area (Å²) in [6, 6.07) is 13.6. The van der Waals surface area contributed by atoms with E-state index in [2.05, 4.69) is 9.97 Å². The first-order valence-electron chi connectivity index (χ1n) is 10.6. The van der Waals surface area contributed by atoms with Crippen LogP contribution in [0.1, 0.15) is 42.4 Å². The van der Waals surface area contributed by atoms with Crippen molar-refractivity contribution in [1.29, 1.82) is 0 Å². The molecule has 1 fully saturated rings. The summed E-state index contributed by atoms with van der Waals surface area (Å²) < 4.78 is 6.50. The van der Waals surface area contributed by atoms with Crippen molar-refractivity contribution >= 4 is 34.1 Å². The second-order valence-corrected chi connectivity index (χ2v) is 8.40. The van der Waals surface area contributed by atoms with Crippen LogP contribution in [-0.2, 0) is 14.3 Å². The van der Waals surface area contributed by atoms with E-state index in [9.17, 15) is 9.59 Å². The number of ketones is 1. The van der Waals surface area contributed by atoms with E-state index in [1.54, 1.807) is 12.4 Å². The Balaban J connectivity index is 1.60. The number of carbonyl (C=O) groups excluding carboxylic acids is 1. The summed E-state index contributed by atoms with van der Waals surface area (Å²) in [5.74, 6) is -0.434. The number of aliphatic carboxylic acids is 1. The Labute approximate surface area is 185 Å². The smallest absolute Gasteiger partial charge is 0.328 e. The zero-order valence-electron chi connectivity index (χ0n) is 17.7. The molecule has 3 aromatic rings. The SMILES string of the molecule is Cc1cccc(C2=C(c3ccc4nccnc4c3)OC3(CCC(=CC(=O)O)CC3)C2=O)c1. The Hall–Kier alpha value is -3.80. The van der Waals surface area contributed by atoms with E-state index < -0.39 is 11.6 Å². The molecule has 160 valence electrons. The molecule has 2 aromatic carbocycles. The molecule has 1 aliphatic carbocycles. The zero-order valence-corrected chi connectivity index (χ0v) is 17.7. The van der Waals surface area contributed by atoms with Crippen LogP contribution in [0, 0.1) is 6.92 Å². The molecule has 6 heteroatoms. The van der Waals surface area contributed by atoms with Crippen LogP contribution in [0.2, 0.25) is 0 Å². The van der Waals surface area contributed by atoms with Crippen LogP contribution >= 0.6 is 0 Å². The second-order valence-electron chi connectivity index (χ2n) is 8.40. The number of carboxylic acid groups (broad SMARTS) is 1. The second kappa shape index (κ2) is 7.71. The molecule has 1 aliphatic heterocycles. The van der Waals surface area contributed by atoms with E-state index in [-0.39, 0.29) is 5.78 Å². The molecule has 1 saturated carbocycles. The van der Waals surface area contributed by atoms with E-state index in [1.165, 1.54) is 6.08 Å². The van der Waals surface area contributed by atoms with Crippen LogP contribution in [-0.4, -0.2) is 32.4 Å². The van der Waals surface area contributed by atoms with Gasteiger partial charge in [-0.15, -0.1) is 0 Å². The van der Waals surface area contributed by atoms with Gasteiger partial charge in [-0.1, -0.05) is 35.4 Å². The van der Waals surface area contributed by atoms with E-state index >= 15 is 0 Å². The van der Waals surface area contributed by atoms with Crippen molar-refractivity contribution in [2.75, 3.05) is 0 Å². The molecule has 0 amide bonds. The first kappa shape index (κ1) is 20.1. The number of hydrogen-bond acceptors (Lipinski definition) is 5. The maximum atomic E-state index is 13.8. The van der Waals surface area contributed by atoms with E-state index in [0.717, 1.165) is 33.3 Å². The van der Waals surface area contributed by atoms with Crippen molar-refractivity contribution in [3.63, 3.8) is 0 Å². The number of Topliss-reactive ketones (excluding diaryl/α,β-unsaturated/α-hetero) is 1. The highest BCUT2D eigenvalue weighted by atomic mass is 16.5. The molecule has 0 unspecified atom stereocenters. The minimum absolute atomic E-state index is 0.0354. The van der Waals surface area contributed by atoms with Gasteiger partial charge in [-0.2, -0.15) is 0 Å². The van der Waals surface area contributed by atoms with Gasteiger partial charge in [0.25, 0.3) is 0 Å². The Kier molecular flexibility index (Phi) is 4.85. The number of hydrogen-bond donors (Lipinski definition) is 1. The van der Waals surface area contributed by atoms with Crippen LogP contribution in [0.25, 0.3) is 22.4 Å². The summed E-state index contributed by atoms with van der Waals surface area (Å²) in [7, 11) is 0. The number of aromatic nitrogens is 2. The fourth-order valence-electron chi connectivity index (χ4n) is 4.62. The molecule has 5 rings (SSSR count). The van der Waals surface area contributed by atoms with Gasteiger partial charge in [0.1, 0.15) is 5.76 Å². The molecule has 2 heterocycles. The number of aryl methyl sites for hydroxylation is 1. The summed E-state index contributed by atoms with van der Waals surface area (Å²) in [4.78, 5) is 33.6. The number of fused-ring (bicyclic) bond motifs is 1. The number of ether oxygens (including phenoxy) is 1. The molecule has 0 saturated heterocycles. The lowest BCUT2D eigenvalue weighted by Gasteiger charge is -2.33. The van der Waals surface area contributed by atoms with Gasteiger partial charge >= 0.3 is 5.97 Å². The van der Waals surface area contributed by atoms with Crippen LogP contribution < -0.4 is 0 Å². The summed E-state index contributed by atoms with van der Waals surface area (Å²) in [5.41, 5.74) is 4.61. The Morgan fingerprint density at radius 2 is 1.78 bits per heavy atom. The standard InChI is InChI=1S/C26H22N2O4/c1-16-3-2-4-18(13-16)23-24(19-5-6-20-21(15-19)28-12-11-27-20)32-26(25(23)31)9-7-17(8-10-26)14-22(29)30/h2-6,11-15H,7-10H2,1H3,(H,29,30). The number of rotatable bonds is 3. The quantitative estimate of drug-likeness (QED) is 0.609. The van der Waals surface area contributed by atoms with Crippen molar-refractivity contribution in [2.24, 2.45) is 0 Å². The maximum absolute atomic E-state index is 13.8. The minimum atomic E-state index is -0.971. The van der Waals surface area contributed by atoms with Crippen LogP contribution in [0.3, 0.4) is 0 Å². The molecule has 1 N–H and O–H groups in total. The van der Waals surface area contributed by atoms with Crippen molar-refractivity contribution in [2.45, 2.75) is 38.2 Å². The third-order valence-corrected chi connectivity index (χ3v) is 6.23. The third-order valence-electron chi connectivity index (χ3n) is 6.23. The molecule has 1 aromatic heterocycles. The highest BCUT2D eigenvalue weighted by Crippen LogP contribution is 2.49. The Morgan fingerprint density at radius 3 is 2.50 bits per heavy atom. The first-order valence-corrected chi connectivity index (χ1v) is 10.6. The zero-order chi connectivity index (χ0) is 22.3. The number of carbonyl (C=O) groups is 2. The summed E-state index contributed by atoms with van der Waals surface area (Å²) in [5, 5.41) is 9.07. The summed E-state index contributed by atoms with van der Waals surface area (Å²) >= 11 is 0. The van der Waals surface area contributed by atoms with Gasteiger partial charge in [-0.3, -0.25) is 14.8 Å². The Bertz CT molecular complexity index is 1310. The lowest BCUT2D eigenvalue weighted by molar-refractivity contribution is -0.131. The molecule has 0 radical (unpaired) electrons. The lowest BCUT2D eigenvalue weighted by Crippen LogP contribution is -2.39. The highest BCUT2D eigenvalue weighted by Gasteiger charge is 2.51. The van der Waals surface area contributed by atoms with Crippen LogP contribution in [0.15, 0.2) is 66.5 Å². The Morgan fingerprint density at radius 1 is 1.03 bits per heavy atom. The molecule has 1 spiro atoms. The highest BCUT2D eigenvalue weighted by molar-refractivity contribution is 6.33. The molecule has 0 bridgehead atoms. The largest absolute Gasteiger partial charge is 0.478 e.